The van der Waals surface area contributed by atoms with Crippen LogP contribution in [-0.4, -0.2) is 24.8 Å². The lowest BCUT2D eigenvalue weighted by Crippen LogP contribution is -2.51. The number of hydrogen-bond donors (Lipinski definition) is 1. The number of nitrogens with one attached hydrogen (secondary N) is 1. The summed E-state index contributed by atoms with van der Waals surface area (Å²) >= 11 is 0. The third-order valence-electron chi connectivity index (χ3n) is 4.39. The van der Waals surface area contributed by atoms with Gasteiger partial charge in [0.05, 0.1) is 0 Å². The van der Waals surface area contributed by atoms with Gasteiger partial charge in [0.1, 0.15) is 11.5 Å². The van der Waals surface area contributed by atoms with Crippen molar-refractivity contribution in [3.05, 3.63) is 47.4 Å². The third kappa shape index (κ3) is 2.05. The average molecular weight is 286 g/mol. The van der Waals surface area contributed by atoms with Crippen molar-refractivity contribution in [1.82, 2.24) is 10.2 Å². The average Bonchev–Trinajstić information content (AvgIpc) is 2.72. The highest BCUT2D eigenvalue weighted by Gasteiger charge is 2.51. The van der Waals surface area contributed by atoms with E-state index in [-0.39, 0.29) is 11.2 Å². The van der Waals surface area contributed by atoms with Crippen LogP contribution >= 0.6 is 0 Å². The molecule has 2 aliphatic rings. The summed E-state index contributed by atoms with van der Waals surface area (Å²) in [5.41, 5.74) is 1.67. The molecule has 1 aliphatic carbocycles. The van der Waals surface area contributed by atoms with Crippen molar-refractivity contribution in [3.8, 4) is 0 Å². The van der Waals surface area contributed by atoms with Gasteiger partial charge < -0.3 is 9.64 Å². The highest BCUT2D eigenvalue weighted by Crippen LogP contribution is 2.47. The first-order chi connectivity index (χ1) is 9.89. The molecule has 112 valence electrons. The van der Waals surface area contributed by atoms with Crippen molar-refractivity contribution in [2.45, 2.75) is 32.5 Å². The van der Waals surface area contributed by atoms with Crippen molar-refractivity contribution in [3.63, 3.8) is 0 Å². The van der Waals surface area contributed by atoms with Crippen molar-refractivity contribution in [2.75, 3.05) is 14.1 Å². The molecular formula is C17H22N2O2. The van der Waals surface area contributed by atoms with Gasteiger partial charge in [-0.1, -0.05) is 44.2 Å². The molecule has 1 atom stereocenters. The van der Waals surface area contributed by atoms with E-state index in [1.54, 1.807) is 0 Å². The number of carbonyl (C=O) groups excluding carboxylic acids is 1. The zero-order chi connectivity index (χ0) is 15.3. The lowest BCUT2D eigenvalue weighted by molar-refractivity contribution is -0.121. The molecule has 21 heavy (non-hydrogen) atoms. The molecular weight excluding hydrogens is 264 g/mol. The van der Waals surface area contributed by atoms with E-state index < -0.39 is 5.85 Å². The van der Waals surface area contributed by atoms with Gasteiger partial charge in [0.25, 0.3) is 5.85 Å². The summed E-state index contributed by atoms with van der Waals surface area (Å²) in [5, 5.41) is 3.26. The summed E-state index contributed by atoms with van der Waals surface area (Å²) in [6, 6.07) is 9.97. The fourth-order valence-electron chi connectivity index (χ4n) is 3.40. The smallest absolute Gasteiger partial charge is 0.267 e. The second-order valence-electron chi connectivity index (χ2n) is 6.63. The van der Waals surface area contributed by atoms with Gasteiger partial charge in [-0.2, -0.15) is 0 Å². The maximum atomic E-state index is 12.5. The predicted octanol–water partition coefficient (Wildman–Crippen LogP) is 2.58. The molecule has 4 heteroatoms. The third-order valence-corrected chi connectivity index (χ3v) is 4.39. The van der Waals surface area contributed by atoms with E-state index in [2.05, 4.69) is 19.2 Å². The molecule has 0 amide bonds. The van der Waals surface area contributed by atoms with Gasteiger partial charge in [-0.05, 0) is 12.5 Å². The zero-order valence-electron chi connectivity index (χ0n) is 13.1. The summed E-state index contributed by atoms with van der Waals surface area (Å²) < 4.78 is 6.28. The maximum absolute atomic E-state index is 12.5. The Balaban J connectivity index is 2.05. The Bertz CT molecular complexity index is 606. The molecule has 0 unspecified atom stereocenters. The van der Waals surface area contributed by atoms with E-state index in [4.69, 9.17) is 4.74 Å². The molecule has 4 nitrogen and oxygen atoms in total. The number of likely N-dealkylation sites (N-methyl/N-ethyl adjacent to an activating group) is 1. The Morgan fingerprint density at radius 2 is 1.86 bits per heavy atom. The molecule has 0 fully saturated rings. The Morgan fingerprint density at radius 3 is 2.48 bits per heavy atom. The van der Waals surface area contributed by atoms with Gasteiger partial charge in [0, 0.05) is 25.5 Å². The number of benzene rings is 1. The minimum absolute atomic E-state index is 0.0444. The van der Waals surface area contributed by atoms with E-state index in [0.717, 1.165) is 17.7 Å². The number of carbonyl (C=O) groups is 1. The molecule has 1 heterocycles. The van der Waals surface area contributed by atoms with Crippen molar-refractivity contribution in [1.29, 1.82) is 0 Å². The van der Waals surface area contributed by atoms with E-state index in [1.807, 2.05) is 49.3 Å². The molecule has 0 spiro atoms. The van der Waals surface area contributed by atoms with Crippen LogP contribution in [0.1, 0.15) is 32.3 Å². The van der Waals surface area contributed by atoms with Crippen molar-refractivity contribution >= 4 is 5.78 Å². The van der Waals surface area contributed by atoms with Crippen LogP contribution in [0.25, 0.3) is 0 Å². The monoisotopic (exact) mass is 286 g/mol. The molecule has 1 aliphatic heterocycles. The van der Waals surface area contributed by atoms with E-state index in [9.17, 15) is 4.79 Å². The van der Waals surface area contributed by atoms with Gasteiger partial charge in [-0.15, -0.1) is 0 Å². The fraction of sp³-hybridized carbons (Fsp3) is 0.471. The molecule has 0 saturated heterocycles. The number of Topliss-reactive ketones (excluding diaryl/α,β-unsaturated/α-hetero) is 1. The summed E-state index contributed by atoms with van der Waals surface area (Å²) in [7, 11) is 3.78. The first-order valence-corrected chi connectivity index (χ1v) is 7.33. The second-order valence-corrected chi connectivity index (χ2v) is 6.63. The lowest BCUT2D eigenvalue weighted by atomic mass is 9.78. The zero-order valence-corrected chi connectivity index (χ0v) is 13.1. The van der Waals surface area contributed by atoms with E-state index in [0.29, 0.717) is 12.1 Å². The van der Waals surface area contributed by atoms with Crippen LogP contribution in [0.3, 0.4) is 0 Å². The number of hydrogen-bond acceptors (Lipinski definition) is 4. The summed E-state index contributed by atoms with van der Waals surface area (Å²) in [4.78, 5) is 14.5. The van der Waals surface area contributed by atoms with Crippen LogP contribution in [0.15, 0.2) is 41.8 Å². The van der Waals surface area contributed by atoms with Crippen LogP contribution < -0.4 is 5.32 Å². The van der Waals surface area contributed by atoms with Gasteiger partial charge >= 0.3 is 0 Å². The molecule has 0 bridgehead atoms. The standard InChI is InChI=1S/C17H22N2O2/c1-16(2)10-13(20)15-14(11-16)21-17(18-3,19(15)4)12-8-6-5-7-9-12/h5-9,18H,10-11H2,1-4H3/t17-/m0/s1. The quantitative estimate of drug-likeness (QED) is 0.907. The van der Waals surface area contributed by atoms with Crippen LogP contribution in [0.2, 0.25) is 0 Å². The van der Waals surface area contributed by atoms with E-state index >= 15 is 0 Å². The second kappa shape index (κ2) is 4.60. The van der Waals surface area contributed by atoms with Crippen molar-refractivity contribution < 1.29 is 9.53 Å². The number of ketones is 1. The van der Waals surface area contributed by atoms with Gasteiger partial charge in [-0.25, -0.2) is 0 Å². The topological polar surface area (TPSA) is 41.6 Å². The number of nitrogens with zero attached hydrogens (tertiary/aromatic N) is 1. The van der Waals surface area contributed by atoms with Crippen LogP contribution in [-0.2, 0) is 15.4 Å². The number of allylic oxidation sites excluding steroid dienone is 2. The minimum Gasteiger partial charge on any atom is -0.452 e. The number of ether oxygens (including phenoxy) is 1. The highest BCUT2D eigenvalue weighted by molar-refractivity contribution is 5.97. The maximum Gasteiger partial charge on any atom is 0.267 e. The predicted molar refractivity (Wildman–Crippen MR) is 81.1 cm³/mol. The van der Waals surface area contributed by atoms with Crippen LogP contribution in [0.4, 0.5) is 0 Å². The van der Waals surface area contributed by atoms with E-state index in [1.165, 1.54) is 0 Å². The first-order valence-electron chi connectivity index (χ1n) is 7.33. The van der Waals surface area contributed by atoms with Crippen LogP contribution in [0.5, 0.6) is 0 Å². The largest absolute Gasteiger partial charge is 0.452 e. The van der Waals surface area contributed by atoms with Crippen LogP contribution in [0, 0.1) is 5.41 Å². The van der Waals surface area contributed by atoms with Gasteiger partial charge in [0.2, 0.25) is 0 Å². The van der Waals surface area contributed by atoms with Gasteiger partial charge in [0.15, 0.2) is 5.78 Å². The van der Waals surface area contributed by atoms with Crippen molar-refractivity contribution in [2.24, 2.45) is 5.41 Å². The fourth-order valence-corrected chi connectivity index (χ4v) is 3.40. The Morgan fingerprint density at radius 1 is 1.19 bits per heavy atom. The molecule has 0 saturated carbocycles. The summed E-state index contributed by atoms with van der Waals surface area (Å²) in [5.74, 6) is 0.177. The molecule has 1 N–H and O–H groups in total. The summed E-state index contributed by atoms with van der Waals surface area (Å²) in [6.45, 7) is 4.22. The normalized spacial score (nSPS) is 27.6. The number of rotatable bonds is 2. The lowest BCUT2D eigenvalue weighted by Gasteiger charge is -2.36. The summed E-state index contributed by atoms with van der Waals surface area (Å²) in [6.07, 6.45) is 1.35. The SMILES string of the molecule is CN[C@]1(c2ccccc2)OC2=C(C(=O)CC(C)(C)C2)N1C. The molecule has 3 rings (SSSR count). The van der Waals surface area contributed by atoms with Gasteiger partial charge in [-0.3, -0.25) is 10.1 Å². The molecule has 1 aromatic carbocycles. The first kappa shape index (κ1) is 14.1. The molecule has 0 radical (unpaired) electrons. The molecule has 0 aromatic heterocycles. The minimum atomic E-state index is -0.790. The molecule has 1 aromatic rings. The Kier molecular flexibility index (Phi) is 3.10. The Hall–Kier alpha value is -1.81. The Labute approximate surface area is 125 Å². The highest BCUT2D eigenvalue weighted by atomic mass is 16.5.